The summed E-state index contributed by atoms with van der Waals surface area (Å²) in [4.78, 5) is 24.5. The molecule has 1 aromatic heterocycles. The Bertz CT molecular complexity index is 1160. The molecule has 0 bridgehead atoms. The second kappa shape index (κ2) is 8.60. The normalized spacial score (nSPS) is 14.9. The van der Waals surface area contributed by atoms with Gasteiger partial charge < -0.3 is 4.42 Å². The number of sulfonamides is 1. The molecule has 1 N–H and O–H groups in total. The summed E-state index contributed by atoms with van der Waals surface area (Å²) in [5.41, 5.74) is -0.0982. The van der Waals surface area contributed by atoms with Crippen LogP contribution >= 0.6 is 11.6 Å². The third-order valence-electron chi connectivity index (χ3n) is 4.91. The van der Waals surface area contributed by atoms with Crippen LogP contribution < -0.4 is 5.32 Å². The fourth-order valence-electron chi connectivity index (χ4n) is 3.43. The molecule has 1 aliphatic heterocycles. The number of nitrogens with zero attached hydrogens (tertiary/aromatic N) is 2. The van der Waals surface area contributed by atoms with Gasteiger partial charge in [0.15, 0.2) is 5.78 Å². The number of aryl methyl sites for hydroxylation is 1. The van der Waals surface area contributed by atoms with Crippen molar-refractivity contribution in [2.45, 2.75) is 38.0 Å². The van der Waals surface area contributed by atoms with Gasteiger partial charge in [0.2, 0.25) is 15.9 Å². The minimum atomic E-state index is -3.76. The maximum atomic E-state index is 12.9. The average Bonchev–Trinajstić information content (AvgIpc) is 3.03. The molecule has 0 unspecified atom stereocenters. The number of rotatable bonds is 5. The smallest absolute Gasteiger partial charge is 0.259 e. The summed E-state index contributed by atoms with van der Waals surface area (Å²) in [7, 11) is -3.76. The van der Waals surface area contributed by atoms with Crippen LogP contribution in [0.1, 0.15) is 58.2 Å². The van der Waals surface area contributed by atoms with Crippen LogP contribution in [0, 0.1) is 18.3 Å². The number of furan rings is 1. The molecule has 3 rings (SSSR count). The Kier molecular flexibility index (Phi) is 6.31. The molecule has 1 aromatic carbocycles. The number of hydrogen-bond acceptors (Lipinski definition) is 6. The van der Waals surface area contributed by atoms with Crippen molar-refractivity contribution < 1.29 is 22.4 Å². The van der Waals surface area contributed by atoms with E-state index in [0.29, 0.717) is 13.1 Å². The number of benzene rings is 1. The van der Waals surface area contributed by atoms with Crippen molar-refractivity contribution in [1.29, 1.82) is 5.26 Å². The lowest BCUT2D eigenvalue weighted by atomic mass is 10.1. The van der Waals surface area contributed by atoms with Gasteiger partial charge in [0, 0.05) is 13.1 Å². The lowest BCUT2D eigenvalue weighted by Crippen LogP contribution is -2.35. The highest BCUT2D eigenvalue weighted by atomic mass is 35.5. The van der Waals surface area contributed by atoms with Crippen LogP contribution in [0.5, 0.6) is 0 Å². The van der Waals surface area contributed by atoms with E-state index in [1.807, 2.05) is 6.07 Å². The van der Waals surface area contributed by atoms with E-state index in [0.717, 1.165) is 19.3 Å². The molecule has 1 saturated heterocycles. The minimum Gasteiger partial charge on any atom is -0.443 e. The molecule has 1 fully saturated rings. The largest absolute Gasteiger partial charge is 0.443 e. The minimum absolute atomic E-state index is 0.0404. The Hall–Kier alpha value is -2.67. The van der Waals surface area contributed by atoms with Gasteiger partial charge in [0.05, 0.1) is 21.0 Å². The van der Waals surface area contributed by atoms with Gasteiger partial charge >= 0.3 is 0 Å². The fourth-order valence-corrected chi connectivity index (χ4v) is 5.17. The Balaban J connectivity index is 1.94. The lowest BCUT2D eigenvalue weighted by Gasteiger charge is -2.26. The topological polar surface area (TPSA) is 120 Å². The molecule has 0 saturated carbocycles. The van der Waals surface area contributed by atoms with Crippen molar-refractivity contribution in [1.82, 2.24) is 4.31 Å². The number of anilines is 1. The van der Waals surface area contributed by atoms with Crippen LogP contribution in [0.15, 0.2) is 27.5 Å². The lowest BCUT2D eigenvalue weighted by molar-refractivity contribution is 0.101. The highest BCUT2D eigenvalue weighted by Crippen LogP contribution is 2.29. The molecule has 0 radical (unpaired) electrons. The molecular weight excluding hydrogens is 430 g/mol. The summed E-state index contributed by atoms with van der Waals surface area (Å²) < 4.78 is 32.6. The number of Topliss-reactive ketones (excluding diaryl/α,β-unsaturated/α-hetero) is 1. The second-order valence-electron chi connectivity index (χ2n) is 6.97. The van der Waals surface area contributed by atoms with Gasteiger partial charge in [0.25, 0.3) is 5.91 Å². The van der Waals surface area contributed by atoms with Crippen LogP contribution in [-0.2, 0) is 10.0 Å². The number of nitrogens with one attached hydrogen (secondary N) is 1. The predicted molar refractivity (Wildman–Crippen MR) is 110 cm³/mol. The van der Waals surface area contributed by atoms with Crippen molar-refractivity contribution in [3.63, 3.8) is 0 Å². The monoisotopic (exact) mass is 449 g/mol. The zero-order valence-corrected chi connectivity index (χ0v) is 18.1. The van der Waals surface area contributed by atoms with Gasteiger partial charge in [-0.05, 0) is 44.9 Å². The van der Waals surface area contributed by atoms with E-state index in [9.17, 15) is 23.3 Å². The predicted octanol–water partition coefficient (Wildman–Crippen LogP) is 3.74. The molecule has 1 aliphatic rings. The first-order valence-electron chi connectivity index (χ1n) is 9.32. The Morgan fingerprint density at radius 3 is 2.50 bits per heavy atom. The summed E-state index contributed by atoms with van der Waals surface area (Å²) in [6.45, 7) is 3.65. The standard InChI is InChI=1S/C20H20ClN3O5S/c1-12(25)18-13(2)29-20(16(18)11-22)23-19(26)15-10-14(6-7-17(15)21)30(27,28)24-8-4-3-5-9-24/h6-7,10H,3-5,8-9H2,1-2H3,(H,23,26). The van der Waals surface area contributed by atoms with Gasteiger partial charge in [-0.1, -0.05) is 18.0 Å². The van der Waals surface area contributed by atoms with Gasteiger partial charge in [0.1, 0.15) is 17.4 Å². The van der Waals surface area contributed by atoms with E-state index >= 15 is 0 Å². The highest BCUT2D eigenvalue weighted by molar-refractivity contribution is 7.89. The molecule has 30 heavy (non-hydrogen) atoms. The van der Waals surface area contributed by atoms with Crippen molar-refractivity contribution >= 4 is 39.2 Å². The van der Waals surface area contributed by atoms with E-state index in [-0.39, 0.29) is 44.0 Å². The van der Waals surface area contributed by atoms with Crippen LogP contribution in [0.4, 0.5) is 5.88 Å². The Morgan fingerprint density at radius 2 is 1.90 bits per heavy atom. The summed E-state index contributed by atoms with van der Waals surface area (Å²) in [5.74, 6) is -1.12. The average molecular weight is 450 g/mol. The fraction of sp³-hybridized carbons (Fsp3) is 0.350. The van der Waals surface area contributed by atoms with Gasteiger partial charge in [-0.15, -0.1) is 0 Å². The van der Waals surface area contributed by atoms with Gasteiger partial charge in [-0.25, -0.2) is 8.42 Å². The second-order valence-corrected chi connectivity index (χ2v) is 9.31. The van der Waals surface area contributed by atoms with Crippen molar-refractivity contribution in [2.24, 2.45) is 0 Å². The van der Waals surface area contributed by atoms with E-state index in [1.165, 1.54) is 36.4 Å². The number of nitriles is 1. The number of piperidine rings is 1. The maximum Gasteiger partial charge on any atom is 0.259 e. The summed E-state index contributed by atoms with van der Waals surface area (Å²) in [6, 6.07) is 5.75. The zero-order chi connectivity index (χ0) is 22.1. The van der Waals surface area contributed by atoms with E-state index < -0.39 is 15.9 Å². The molecule has 158 valence electrons. The van der Waals surface area contributed by atoms with Gasteiger partial charge in [-0.3, -0.25) is 14.9 Å². The van der Waals surface area contributed by atoms with Crippen LogP contribution in [-0.4, -0.2) is 37.5 Å². The molecule has 0 atom stereocenters. The van der Waals surface area contributed by atoms with Crippen LogP contribution in [0.2, 0.25) is 5.02 Å². The number of hydrogen-bond donors (Lipinski definition) is 1. The first kappa shape index (κ1) is 22.0. The van der Waals surface area contributed by atoms with Gasteiger partial charge in [-0.2, -0.15) is 9.57 Å². The number of carbonyl (C=O) groups excluding carboxylic acids is 2. The zero-order valence-electron chi connectivity index (χ0n) is 16.5. The Morgan fingerprint density at radius 1 is 1.23 bits per heavy atom. The maximum absolute atomic E-state index is 12.9. The Labute approximate surface area is 179 Å². The van der Waals surface area contributed by atoms with E-state index in [2.05, 4.69) is 5.32 Å². The van der Waals surface area contributed by atoms with E-state index in [1.54, 1.807) is 0 Å². The molecule has 2 heterocycles. The third kappa shape index (κ3) is 4.12. The van der Waals surface area contributed by atoms with Crippen molar-refractivity contribution in [3.8, 4) is 6.07 Å². The number of amides is 1. The van der Waals surface area contributed by atoms with Crippen LogP contribution in [0.3, 0.4) is 0 Å². The quantitative estimate of drug-likeness (QED) is 0.694. The number of ketones is 1. The van der Waals surface area contributed by atoms with Crippen molar-refractivity contribution in [2.75, 3.05) is 18.4 Å². The highest BCUT2D eigenvalue weighted by Gasteiger charge is 2.28. The molecule has 8 nitrogen and oxygen atoms in total. The molecule has 10 heteroatoms. The third-order valence-corrected chi connectivity index (χ3v) is 7.13. The number of halogens is 1. The molecule has 0 spiro atoms. The van der Waals surface area contributed by atoms with Crippen LogP contribution in [0.25, 0.3) is 0 Å². The molecule has 0 aliphatic carbocycles. The summed E-state index contributed by atoms with van der Waals surface area (Å²) in [6.07, 6.45) is 2.55. The SMILES string of the molecule is CC(=O)c1c(C)oc(NC(=O)c2cc(S(=O)(=O)N3CCCCC3)ccc2Cl)c1C#N. The van der Waals surface area contributed by atoms with E-state index in [4.69, 9.17) is 16.0 Å². The summed E-state index contributed by atoms with van der Waals surface area (Å²) in [5, 5.41) is 11.8. The number of carbonyl (C=O) groups is 2. The first-order chi connectivity index (χ1) is 14.2. The first-order valence-corrected chi connectivity index (χ1v) is 11.1. The molecule has 1 amide bonds. The summed E-state index contributed by atoms with van der Waals surface area (Å²) >= 11 is 6.13. The molecular formula is C20H20ClN3O5S. The van der Waals surface area contributed by atoms with Crippen molar-refractivity contribution in [3.05, 3.63) is 45.7 Å². The molecule has 2 aromatic rings.